The molecule has 1 aromatic rings. The third-order valence-electron chi connectivity index (χ3n) is 3.12. The van der Waals surface area contributed by atoms with Crippen LogP contribution in [-0.4, -0.2) is 19.3 Å². The van der Waals surface area contributed by atoms with Crippen LogP contribution in [0.1, 0.15) is 49.9 Å². The molecule has 0 bridgehead atoms. The van der Waals surface area contributed by atoms with Gasteiger partial charge in [-0.25, -0.2) is 0 Å². The summed E-state index contributed by atoms with van der Waals surface area (Å²) in [5.41, 5.74) is 3.97. The fourth-order valence-corrected chi connectivity index (χ4v) is 2.40. The molecule has 0 fully saturated rings. The van der Waals surface area contributed by atoms with E-state index in [2.05, 4.69) is 58.1 Å². The average molecular weight is 249 g/mol. The number of benzene rings is 1. The van der Waals surface area contributed by atoms with Gasteiger partial charge >= 0.3 is 0 Å². The van der Waals surface area contributed by atoms with Gasteiger partial charge in [-0.2, -0.15) is 0 Å². The van der Waals surface area contributed by atoms with Crippen LogP contribution in [0.3, 0.4) is 0 Å². The van der Waals surface area contributed by atoms with Crippen molar-refractivity contribution in [1.29, 1.82) is 0 Å². The van der Waals surface area contributed by atoms with Crippen molar-refractivity contribution < 1.29 is 4.74 Å². The lowest BCUT2D eigenvalue weighted by Crippen LogP contribution is -2.32. The molecule has 0 aliphatic rings. The maximum Gasteiger partial charge on any atom is 0.0741 e. The summed E-state index contributed by atoms with van der Waals surface area (Å²) >= 11 is 0. The maximum atomic E-state index is 5.77. The number of hydrogen-bond donors (Lipinski definition) is 1. The fraction of sp³-hybridized carbons (Fsp3) is 0.625. The summed E-state index contributed by atoms with van der Waals surface area (Å²) in [6.45, 7) is 12.5. The summed E-state index contributed by atoms with van der Waals surface area (Å²) in [7, 11) is 0. The highest BCUT2D eigenvalue weighted by molar-refractivity contribution is 5.31. The van der Waals surface area contributed by atoms with Crippen molar-refractivity contribution in [3.8, 4) is 0 Å². The number of hydrogen-bond acceptors (Lipinski definition) is 2. The Morgan fingerprint density at radius 3 is 2.22 bits per heavy atom. The lowest BCUT2D eigenvalue weighted by molar-refractivity contribution is 0.0472. The van der Waals surface area contributed by atoms with Crippen LogP contribution in [0.5, 0.6) is 0 Å². The number of aryl methyl sites for hydroxylation is 2. The summed E-state index contributed by atoms with van der Waals surface area (Å²) in [5.74, 6) is 0. The third-order valence-corrected chi connectivity index (χ3v) is 3.12. The topological polar surface area (TPSA) is 21.3 Å². The Balaban J connectivity index is 2.92. The Morgan fingerprint density at radius 1 is 1.11 bits per heavy atom. The smallest absolute Gasteiger partial charge is 0.0741 e. The molecule has 102 valence electrons. The standard InChI is InChI=1S/C16H27NO/c1-6-8-17-16(14(5)18-7-2)15-10-12(3)9-13(4)11-15/h9-11,14,16-17H,6-8H2,1-5H3. The van der Waals surface area contributed by atoms with Gasteiger partial charge < -0.3 is 10.1 Å². The predicted molar refractivity (Wildman–Crippen MR) is 78.0 cm³/mol. The van der Waals surface area contributed by atoms with Gasteiger partial charge in [-0.3, -0.25) is 0 Å². The Labute approximate surface area is 112 Å². The molecule has 0 aliphatic heterocycles. The van der Waals surface area contributed by atoms with Crippen LogP contribution in [-0.2, 0) is 4.74 Å². The molecule has 1 aromatic carbocycles. The Bertz CT molecular complexity index is 342. The van der Waals surface area contributed by atoms with E-state index < -0.39 is 0 Å². The third kappa shape index (κ3) is 4.43. The van der Waals surface area contributed by atoms with Crippen LogP contribution in [0.15, 0.2) is 18.2 Å². The Kier molecular flexibility index (Phi) is 6.37. The number of rotatable bonds is 7. The second-order valence-corrected chi connectivity index (χ2v) is 5.01. The van der Waals surface area contributed by atoms with Crippen molar-refractivity contribution >= 4 is 0 Å². The molecule has 18 heavy (non-hydrogen) atoms. The zero-order valence-electron chi connectivity index (χ0n) is 12.4. The van der Waals surface area contributed by atoms with E-state index in [-0.39, 0.29) is 12.1 Å². The highest BCUT2D eigenvalue weighted by Crippen LogP contribution is 2.22. The van der Waals surface area contributed by atoms with E-state index >= 15 is 0 Å². The van der Waals surface area contributed by atoms with Crippen LogP contribution in [0, 0.1) is 13.8 Å². The van der Waals surface area contributed by atoms with E-state index in [1.165, 1.54) is 16.7 Å². The molecule has 0 aliphatic carbocycles. The monoisotopic (exact) mass is 249 g/mol. The fourth-order valence-electron chi connectivity index (χ4n) is 2.40. The van der Waals surface area contributed by atoms with E-state index in [4.69, 9.17) is 4.74 Å². The molecule has 0 saturated carbocycles. The first-order valence-electron chi connectivity index (χ1n) is 7.01. The molecule has 2 unspecified atom stereocenters. The van der Waals surface area contributed by atoms with Gasteiger partial charge in [-0.15, -0.1) is 0 Å². The van der Waals surface area contributed by atoms with Crippen LogP contribution >= 0.6 is 0 Å². The van der Waals surface area contributed by atoms with Crippen molar-refractivity contribution in [2.75, 3.05) is 13.2 Å². The van der Waals surface area contributed by atoms with E-state index in [1.54, 1.807) is 0 Å². The Morgan fingerprint density at radius 2 is 1.72 bits per heavy atom. The lowest BCUT2D eigenvalue weighted by atomic mass is 9.98. The summed E-state index contributed by atoms with van der Waals surface area (Å²) in [4.78, 5) is 0. The molecule has 0 spiro atoms. The molecule has 2 atom stereocenters. The first kappa shape index (κ1) is 15.2. The maximum absolute atomic E-state index is 5.77. The van der Waals surface area contributed by atoms with E-state index in [9.17, 15) is 0 Å². The highest BCUT2D eigenvalue weighted by Gasteiger charge is 2.19. The summed E-state index contributed by atoms with van der Waals surface area (Å²) in [6, 6.07) is 7.01. The predicted octanol–water partition coefficient (Wildman–Crippen LogP) is 3.77. The molecule has 0 heterocycles. The van der Waals surface area contributed by atoms with Gasteiger partial charge in [-0.1, -0.05) is 36.2 Å². The van der Waals surface area contributed by atoms with Gasteiger partial charge in [0, 0.05) is 6.61 Å². The zero-order chi connectivity index (χ0) is 13.5. The van der Waals surface area contributed by atoms with Crippen molar-refractivity contribution in [3.05, 3.63) is 34.9 Å². The van der Waals surface area contributed by atoms with E-state index in [0.717, 1.165) is 19.6 Å². The van der Waals surface area contributed by atoms with Gasteiger partial charge in [-0.05, 0) is 46.2 Å². The molecular weight excluding hydrogens is 222 g/mol. The SMILES string of the molecule is CCCNC(c1cc(C)cc(C)c1)C(C)OCC. The second-order valence-electron chi connectivity index (χ2n) is 5.01. The molecule has 0 aromatic heterocycles. The largest absolute Gasteiger partial charge is 0.377 e. The highest BCUT2D eigenvalue weighted by atomic mass is 16.5. The first-order chi connectivity index (χ1) is 8.58. The van der Waals surface area contributed by atoms with Crippen molar-refractivity contribution in [3.63, 3.8) is 0 Å². The Hall–Kier alpha value is -0.860. The molecular formula is C16H27NO. The van der Waals surface area contributed by atoms with Crippen LogP contribution in [0.2, 0.25) is 0 Å². The molecule has 2 nitrogen and oxygen atoms in total. The van der Waals surface area contributed by atoms with Gasteiger partial charge in [0.1, 0.15) is 0 Å². The van der Waals surface area contributed by atoms with Gasteiger partial charge in [0.05, 0.1) is 12.1 Å². The molecule has 0 saturated heterocycles. The quantitative estimate of drug-likeness (QED) is 0.794. The van der Waals surface area contributed by atoms with Crippen molar-refractivity contribution in [1.82, 2.24) is 5.32 Å². The lowest BCUT2D eigenvalue weighted by Gasteiger charge is -2.26. The first-order valence-corrected chi connectivity index (χ1v) is 7.01. The van der Waals surface area contributed by atoms with Crippen molar-refractivity contribution in [2.24, 2.45) is 0 Å². The van der Waals surface area contributed by atoms with E-state index in [1.807, 2.05) is 0 Å². The van der Waals surface area contributed by atoms with Crippen molar-refractivity contribution in [2.45, 2.75) is 53.2 Å². The summed E-state index contributed by atoms with van der Waals surface area (Å²) in [6.07, 6.45) is 1.34. The van der Waals surface area contributed by atoms with Gasteiger partial charge in [0.2, 0.25) is 0 Å². The minimum atomic E-state index is 0.197. The minimum absolute atomic E-state index is 0.197. The van der Waals surface area contributed by atoms with Gasteiger partial charge in [0.15, 0.2) is 0 Å². The van der Waals surface area contributed by atoms with E-state index in [0.29, 0.717) is 0 Å². The van der Waals surface area contributed by atoms with Crippen LogP contribution < -0.4 is 5.32 Å². The molecule has 2 heteroatoms. The summed E-state index contributed by atoms with van der Waals surface area (Å²) in [5, 5.41) is 3.60. The van der Waals surface area contributed by atoms with Crippen LogP contribution in [0.25, 0.3) is 0 Å². The molecule has 0 amide bonds. The van der Waals surface area contributed by atoms with Crippen LogP contribution in [0.4, 0.5) is 0 Å². The average Bonchev–Trinajstić information content (AvgIpc) is 2.28. The number of ether oxygens (including phenoxy) is 1. The summed E-state index contributed by atoms with van der Waals surface area (Å²) < 4.78 is 5.77. The molecule has 0 radical (unpaired) electrons. The second kappa shape index (κ2) is 7.55. The zero-order valence-corrected chi connectivity index (χ0v) is 12.4. The molecule has 1 N–H and O–H groups in total. The molecule has 1 rings (SSSR count). The number of nitrogens with one attached hydrogen (secondary N) is 1. The normalized spacial score (nSPS) is 14.5. The minimum Gasteiger partial charge on any atom is -0.377 e. The van der Waals surface area contributed by atoms with Gasteiger partial charge in [0.25, 0.3) is 0 Å².